The number of terminal acetylenes is 1. The average molecular weight is 705 g/mol. The highest BCUT2D eigenvalue weighted by molar-refractivity contribution is 7.80. The third-order valence-corrected chi connectivity index (χ3v) is 10.1. The number of thiol groups is 1. The molecule has 9 nitrogen and oxygen atoms in total. The van der Waals surface area contributed by atoms with Crippen molar-refractivity contribution in [2.24, 2.45) is 5.41 Å². The number of aromatic nitrogens is 3. The van der Waals surface area contributed by atoms with Crippen LogP contribution in [-0.2, 0) is 4.74 Å². The Hall–Kier alpha value is -3.40. The molecule has 0 spiro atoms. The second-order valence-electron chi connectivity index (χ2n) is 14.0. The lowest BCUT2D eigenvalue weighted by Gasteiger charge is -2.34. The predicted octanol–water partition coefficient (Wildman–Crippen LogP) is 6.08. The van der Waals surface area contributed by atoms with Gasteiger partial charge in [-0.1, -0.05) is 37.4 Å². The van der Waals surface area contributed by atoms with E-state index in [1.807, 2.05) is 13.8 Å². The van der Waals surface area contributed by atoms with Crippen LogP contribution < -0.4 is 15.0 Å². The van der Waals surface area contributed by atoms with E-state index >= 15 is 0 Å². The van der Waals surface area contributed by atoms with E-state index in [9.17, 15) is 9.50 Å². The number of halogens is 2. The summed E-state index contributed by atoms with van der Waals surface area (Å²) in [5, 5.41) is 16.2. The molecule has 1 aliphatic carbocycles. The van der Waals surface area contributed by atoms with Crippen molar-refractivity contribution in [1.82, 2.24) is 25.2 Å². The summed E-state index contributed by atoms with van der Waals surface area (Å²) in [5.74, 6) is 2.64. The van der Waals surface area contributed by atoms with Crippen molar-refractivity contribution in [3.63, 3.8) is 0 Å². The number of hydrogen-bond acceptors (Lipinski definition) is 10. The lowest BCUT2D eigenvalue weighted by Crippen LogP contribution is -2.51. The maximum Gasteiger partial charge on any atom is 0.319 e. The Morgan fingerprint density at radius 3 is 2.53 bits per heavy atom. The van der Waals surface area contributed by atoms with Crippen molar-refractivity contribution in [1.29, 1.82) is 0 Å². The molecular formula is C37H42ClFN6O3S. The monoisotopic (exact) mass is 704 g/mol. The molecule has 4 fully saturated rings. The van der Waals surface area contributed by atoms with E-state index in [4.69, 9.17) is 42.4 Å². The van der Waals surface area contributed by atoms with Crippen LogP contribution in [0.2, 0.25) is 5.02 Å². The lowest BCUT2D eigenvalue weighted by atomic mass is 9.94. The van der Waals surface area contributed by atoms with E-state index in [1.165, 1.54) is 12.1 Å². The fourth-order valence-electron chi connectivity index (χ4n) is 7.21. The zero-order valence-electron chi connectivity index (χ0n) is 27.9. The summed E-state index contributed by atoms with van der Waals surface area (Å²) in [6.45, 7) is 10.5. The first-order valence-corrected chi connectivity index (χ1v) is 17.9. The molecule has 2 bridgehead atoms. The SMILES string of the molecule is C#Cc1c(F)ccc2cc(O)cc(-c3cnc4c(N5CC6CCC(C5)N6)nc(OCC5(CN6CCOCC6)CC5)nc4c3Cl)c12.CC(C)S. The summed E-state index contributed by atoms with van der Waals surface area (Å²) in [5.41, 5.74) is 2.13. The van der Waals surface area contributed by atoms with Crippen molar-refractivity contribution in [2.45, 2.75) is 56.9 Å². The summed E-state index contributed by atoms with van der Waals surface area (Å²) in [4.78, 5) is 19.3. The first-order chi connectivity index (χ1) is 23.6. The van der Waals surface area contributed by atoms with Crippen LogP contribution in [0.1, 0.15) is 45.1 Å². The van der Waals surface area contributed by atoms with Crippen LogP contribution in [-0.4, -0.2) is 94.8 Å². The van der Waals surface area contributed by atoms with Gasteiger partial charge in [-0.3, -0.25) is 4.90 Å². The smallest absolute Gasteiger partial charge is 0.319 e. The topological polar surface area (TPSA) is 95.9 Å². The highest BCUT2D eigenvalue weighted by Crippen LogP contribution is 2.47. The van der Waals surface area contributed by atoms with Crippen molar-refractivity contribution in [3.8, 4) is 35.2 Å². The number of hydrogen-bond donors (Lipinski definition) is 3. The molecule has 12 heteroatoms. The van der Waals surface area contributed by atoms with E-state index in [0.717, 1.165) is 71.6 Å². The molecule has 0 radical (unpaired) electrons. The van der Waals surface area contributed by atoms with Crippen LogP contribution in [0.25, 0.3) is 32.9 Å². The summed E-state index contributed by atoms with van der Waals surface area (Å²) in [6.07, 6.45) is 11.8. The number of aromatic hydroxyl groups is 1. The Bertz CT molecular complexity index is 1900. The number of benzene rings is 2. The normalized spacial score (nSPS) is 21.4. The molecule has 8 rings (SSSR count). The maximum atomic E-state index is 14.9. The third kappa shape index (κ3) is 7.26. The Kier molecular flexibility index (Phi) is 9.79. The minimum absolute atomic E-state index is 0.00179. The number of phenolic OH excluding ortho intramolecular Hbond substituents is 1. The van der Waals surface area contributed by atoms with Gasteiger partial charge in [-0.2, -0.15) is 22.6 Å². The molecule has 258 valence electrons. The molecule has 2 aromatic heterocycles. The van der Waals surface area contributed by atoms with Crippen molar-refractivity contribution in [2.75, 3.05) is 57.4 Å². The molecule has 3 saturated heterocycles. The molecule has 3 aliphatic heterocycles. The van der Waals surface area contributed by atoms with Gasteiger partial charge in [-0.15, -0.1) is 6.42 Å². The summed E-state index contributed by atoms with van der Waals surface area (Å²) < 4.78 is 26.8. The molecule has 2 N–H and O–H groups in total. The second kappa shape index (κ2) is 14.1. The number of rotatable bonds is 7. The van der Waals surface area contributed by atoms with Gasteiger partial charge in [0.05, 0.1) is 30.4 Å². The first kappa shape index (κ1) is 34.1. The molecule has 1 saturated carbocycles. The number of anilines is 1. The van der Waals surface area contributed by atoms with Gasteiger partial charge < -0.3 is 24.8 Å². The quantitative estimate of drug-likeness (QED) is 0.156. The fraction of sp³-hybridized carbons (Fsp3) is 0.486. The number of nitrogens with one attached hydrogen (secondary N) is 1. The lowest BCUT2D eigenvalue weighted by molar-refractivity contribution is 0.0231. The van der Waals surface area contributed by atoms with Crippen molar-refractivity contribution >= 4 is 51.9 Å². The number of pyridine rings is 1. The van der Waals surface area contributed by atoms with Gasteiger partial charge in [0, 0.05) is 67.4 Å². The summed E-state index contributed by atoms with van der Waals surface area (Å²) >= 11 is 11.2. The highest BCUT2D eigenvalue weighted by Gasteiger charge is 2.45. The van der Waals surface area contributed by atoms with Crippen LogP contribution >= 0.6 is 24.2 Å². The first-order valence-electron chi connectivity index (χ1n) is 17.0. The Morgan fingerprint density at radius 1 is 1.14 bits per heavy atom. The maximum absolute atomic E-state index is 14.9. The Labute approximate surface area is 297 Å². The van der Waals surface area contributed by atoms with Gasteiger partial charge in [0.15, 0.2) is 5.82 Å². The van der Waals surface area contributed by atoms with E-state index in [0.29, 0.717) is 67.7 Å². The van der Waals surface area contributed by atoms with E-state index in [2.05, 4.69) is 33.7 Å². The van der Waals surface area contributed by atoms with Crippen molar-refractivity contribution < 1.29 is 19.0 Å². The van der Waals surface area contributed by atoms with E-state index < -0.39 is 5.82 Å². The van der Waals surface area contributed by atoms with Crippen LogP contribution in [0.15, 0.2) is 30.5 Å². The fourth-order valence-corrected chi connectivity index (χ4v) is 7.49. The van der Waals surface area contributed by atoms with Gasteiger partial charge in [0.2, 0.25) is 0 Å². The van der Waals surface area contributed by atoms with Gasteiger partial charge in [-0.25, -0.2) is 9.37 Å². The van der Waals surface area contributed by atoms with Crippen molar-refractivity contribution in [3.05, 3.63) is 46.9 Å². The Balaban J connectivity index is 0.000000898. The number of ether oxygens (including phenoxy) is 2. The molecule has 2 atom stereocenters. The van der Waals surface area contributed by atoms with Gasteiger partial charge in [0.25, 0.3) is 0 Å². The molecule has 4 aliphatic rings. The minimum atomic E-state index is -0.526. The minimum Gasteiger partial charge on any atom is -0.508 e. The van der Waals surface area contributed by atoms with Crippen LogP contribution in [0.5, 0.6) is 11.8 Å². The average Bonchev–Trinajstić information content (AvgIpc) is 3.77. The highest BCUT2D eigenvalue weighted by atomic mass is 35.5. The zero-order valence-corrected chi connectivity index (χ0v) is 29.5. The third-order valence-electron chi connectivity index (χ3n) is 9.74. The number of piperazine rings is 1. The predicted molar refractivity (Wildman–Crippen MR) is 196 cm³/mol. The molecule has 5 heterocycles. The number of fused-ring (bicyclic) bond motifs is 4. The van der Waals surface area contributed by atoms with Crippen LogP contribution in [0.4, 0.5) is 10.2 Å². The summed E-state index contributed by atoms with van der Waals surface area (Å²) in [7, 11) is 0. The number of morpholine rings is 1. The van der Waals surface area contributed by atoms with Crippen LogP contribution in [0, 0.1) is 23.6 Å². The van der Waals surface area contributed by atoms with Gasteiger partial charge >= 0.3 is 6.01 Å². The molecule has 2 unspecified atom stereocenters. The molecule has 2 aromatic carbocycles. The van der Waals surface area contributed by atoms with E-state index in [1.54, 1.807) is 18.3 Å². The molecular weight excluding hydrogens is 663 g/mol. The Morgan fingerprint density at radius 2 is 1.86 bits per heavy atom. The van der Waals surface area contributed by atoms with Gasteiger partial charge in [-0.05, 0) is 60.1 Å². The summed E-state index contributed by atoms with van der Waals surface area (Å²) in [6, 6.07) is 7.00. The standard InChI is InChI=1S/C34H34ClFN6O3.C3H8S/c1-2-24-27(36)6-3-20-13-23(43)14-25(28(20)24)26-15-37-31-30(29(26)35)39-33(40-32(31)42-16-21-4-5-22(17-42)38-21)45-19-34(7-8-34)18-41-9-11-44-12-10-41;1-3(2)4/h1,3,6,13-15,21-22,38,43H,4-5,7-12,16-19H2;3-4H,1-2H3. The van der Waals surface area contributed by atoms with Crippen LogP contribution in [0.3, 0.4) is 0 Å². The largest absolute Gasteiger partial charge is 0.508 e. The number of phenols is 1. The number of nitrogens with zero attached hydrogens (tertiary/aromatic N) is 5. The molecule has 4 aromatic rings. The molecule has 49 heavy (non-hydrogen) atoms. The second-order valence-corrected chi connectivity index (χ2v) is 15.4. The van der Waals surface area contributed by atoms with Gasteiger partial charge in [0.1, 0.15) is 22.6 Å². The van der Waals surface area contributed by atoms with E-state index in [-0.39, 0.29) is 22.7 Å². The zero-order chi connectivity index (χ0) is 34.3. The molecule has 0 amide bonds.